The van der Waals surface area contributed by atoms with Crippen LogP contribution in [-0.4, -0.2) is 33.8 Å². The van der Waals surface area contributed by atoms with Crippen LogP contribution < -0.4 is 10.1 Å². The molecule has 7 heteroatoms. The van der Waals surface area contributed by atoms with Gasteiger partial charge in [0.25, 0.3) is 0 Å². The van der Waals surface area contributed by atoms with Gasteiger partial charge in [-0.15, -0.1) is 0 Å². The normalized spacial score (nSPS) is 10.7. The maximum absolute atomic E-state index is 12.5. The number of H-pyrrole nitrogens is 1. The lowest BCUT2D eigenvalue weighted by molar-refractivity contribution is -0.121. The van der Waals surface area contributed by atoms with Gasteiger partial charge in [-0.1, -0.05) is 78.4 Å². The van der Waals surface area contributed by atoms with Gasteiger partial charge in [0.15, 0.2) is 10.6 Å². The second kappa shape index (κ2) is 10.1. The van der Waals surface area contributed by atoms with E-state index < -0.39 is 0 Å². The maximum Gasteiger partial charge on any atom is 0.240 e. The second-order valence-corrected chi connectivity index (χ2v) is 7.75. The Bertz CT molecular complexity index is 1250. The van der Waals surface area contributed by atoms with Crippen molar-refractivity contribution in [3.63, 3.8) is 0 Å². The minimum atomic E-state index is -0.157. The molecule has 0 saturated carbocycles. The first-order chi connectivity index (χ1) is 15.6. The molecule has 162 valence electrons. The zero-order valence-electron chi connectivity index (χ0n) is 17.7. The number of nitrogens with one attached hydrogen (secondary N) is 2. The number of hydrogen-bond acceptors (Lipinski definition) is 4. The molecule has 2 N–H and O–H groups in total. The maximum atomic E-state index is 12.5. The molecular formula is C25H24N4O2S. The van der Waals surface area contributed by atoms with Crippen molar-refractivity contribution in [2.24, 2.45) is 0 Å². The van der Waals surface area contributed by atoms with E-state index in [1.54, 1.807) is 4.57 Å². The Hall–Kier alpha value is -3.71. The number of hydrogen-bond donors (Lipinski definition) is 2. The second-order valence-electron chi connectivity index (χ2n) is 7.37. The lowest BCUT2D eigenvalue weighted by Crippen LogP contribution is -2.31. The van der Waals surface area contributed by atoms with Crippen LogP contribution in [0.1, 0.15) is 5.56 Å². The Kier molecular flexibility index (Phi) is 6.77. The monoisotopic (exact) mass is 444 g/mol. The van der Waals surface area contributed by atoms with Gasteiger partial charge in [0.05, 0.1) is 6.54 Å². The molecule has 0 spiro atoms. The van der Waals surface area contributed by atoms with Gasteiger partial charge < -0.3 is 10.1 Å². The highest BCUT2D eigenvalue weighted by Crippen LogP contribution is 2.29. The standard InChI is InChI=1S/C25H24N4O2S/c1-18-11-13-20(14-12-18)24-27-28-25(32)29(24)17-23(30)26-15-16-31-22-10-6-5-9-21(22)19-7-3-2-4-8-19/h2-14H,15-17H2,1H3,(H,26,30)(H,28,32). The molecule has 0 aliphatic carbocycles. The third-order valence-electron chi connectivity index (χ3n) is 5.02. The number of aryl methyl sites for hydroxylation is 1. The fourth-order valence-corrected chi connectivity index (χ4v) is 3.58. The Balaban J connectivity index is 1.34. The van der Waals surface area contributed by atoms with Crippen LogP contribution in [-0.2, 0) is 11.3 Å². The summed E-state index contributed by atoms with van der Waals surface area (Å²) in [4.78, 5) is 12.5. The molecule has 32 heavy (non-hydrogen) atoms. The Morgan fingerprint density at radius 2 is 1.72 bits per heavy atom. The highest BCUT2D eigenvalue weighted by molar-refractivity contribution is 7.71. The predicted molar refractivity (Wildman–Crippen MR) is 128 cm³/mol. The summed E-state index contributed by atoms with van der Waals surface area (Å²) in [5, 5.41) is 9.95. The van der Waals surface area contributed by atoms with Crippen molar-refractivity contribution >= 4 is 18.1 Å². The molecule has 0 atom stereocenters. The predicted octanol–water partition coefficient (Wildman–Crippen LogP) is 4.78. The van der Waals surface area contributed by atoms with Gasteiger partial charge in [-0.25, -0.2) is 0 Å². The number of amides is 1. The summed E-state index contributed by atoms with van der Waals surface area (Å²) in [5.41, 5.74) is 4.16. The average Bonchev–Trinajstić information content (AvgIpc) is 3.18. The minimum absolute atomic E-state index is 0.0825. The minimum Gasteiger partial charge on any atom is -0.491 e. The molecule has 0 aliphatic rings. The van der Waals surface area contributed by atoms with E-state index in [-0.39, 0.29) is 12.5 Å². The van der Waals surface area contributed by atoms with Gasteiger partial charge in [-0.05, 0) is 30.8 Å². The summed E-state index contributed by atoms with van der Waals surface area (Å²) >= 11 is 5.32. The van der Waals surface area contributed by atoms with Crippen LogP contribution in [0.4, 0.5) is 0 Å². The van der Waals surface area contributed by atoms with E-state index in [4.69, 9.17) is 17.0 Å². The van der Waals surface area contributed by atoms with Crippen LogP contribution in [0.2, 0.25) is 0 Å². The Morgan fingerprint density at radius 3 is 2.50 bits per heavy atom. The molecule has 1 heterocycles. The lowest BCUT2D eigenvalue weighted by Gasteiger charge is -2.12. The first-order valence-corrected chi connectivity index (χ1v) is 10.8. The summed E-state index contributed by atoms with van der Waals surface area (Å²) in [7, 11) is 0. The van der Waals surface area contributed by atoms with E-state index in [1.807, 2.05) is 85.8 Å². The van der Waals surface area contributed by atoms with Crippen LogP contribution in [0.5, 0.6) is 5.75 Å². The highest BCUT2D eigenvalue weighted by atomic mass is 32.1. The molecule has 0 radical (unpaired) electrons. The number of carbonyl (C=O) groups is 1. The molecule has 0 unspecified atom stereocenters. The van der Waals surface area contributed by atoms with E-state index in [0.29, 0.717) is 23.7 Å². The summed E-state index contributed by atoms with van der Waals surface area (Å²) in [5.74, 6) is 1.26. The average molecular weight is 445 g/mol. The van der Waals surface area contributed by atoms with E-state index in [0.717, 1.165) is 28.0 Å². The van der Waals surface area contributed by atoms with E-state index in [2.05, 4.69) is 15.5 Å². The van der Waals surface area contributed by atoms with Gasteiger partial charge >= 0.3 is 0 Å². The molecule has 0 fully saturated rings. The Morgan fingerprint density at radius 1 is 1.00 bits per heavy atom. The number of aromatic nitrogens is 3. The summed E-state index contributed by atoms with van der Waals surface area (Å²) in [6.45, 7) is 2.85. The van der Waals surface area contributed by atoms with E-state index >= 15 is 0 Å². The largest absolute Gasteiger partial charge is 0.491 e. The number of benzene rings is 3. The fraction of sp³-hybridized carbons (Fsp3) is 0.160. The molecule has 0 bridgehead atoms. The number of ether oxygens (including phenoxy) is 1. The van der Waals surface area contributed by atoms with Crippen molar-refractivity contribution in [1.82, 2.24) is 20.1 Å². The van der Waals surface area contributed by atoms with Crippen molar-refractivity contribution in [1.29, 1.82) is 0 Å². The van der Waals surface area contributed by atoms with Gasteiger partial charge in [-0.2, -0.15) is 5.10 Å². The quantitative estimate of drug-likeness (QED) is 0.303. The molecule has 1 aromatic heterocycles. The molecule has 3 aromatic carbocycles. The van der Waals surface area contributed by atoms with Crippen LogP contribution >= 0.6 is 12.2 Å². The van der Waals surface area contributed by atoms with Gasteiger partial charge in [0.1, 0.15) is 18.9 Å². The SMILES string of the molecule is Cc1ccc(-c2n[nH]c(=S)n2CC(=O)NCCOc2ccccc2-c2ccccc2)cc1. The number of carbonyl (C=O) groups excluding carboxylic acids is 1. The first kappa shape index (κ1) is 21.5. The molecule has 0 saturated heterocycles. The van der Waals surface area contributed by atoms with Crippen molar-refractivity contribution in [2.75, 3.05) is 13.2 Å². The zero-order chi connectivity index (χ0) is 22.3. The van der Waals surface area contributed by atoms with E-state index in [9.17, 15) is 4.79 Å². The van der Waals surface area contributed by atoms with Gasteiger partial charge in [-0.3, -0.25) is 14.5 Å². The van der Waals surface area contributed by atoms with Crippen LogP contribution in [0.3, 0.4) is 0 Å². The number of aromatic amines is 1. The van der Waals surface area contributed by atoms with Crippen molar-refractivity contribution in [3.8, 4) is 28.3 Å². The third kappa shape index (κ3) is 5.12. The zero-order valence-corrected chi connectivity index (χ0v) is 18.6. The molecule has 0 aliphatic heterocycles. The van der Waals surface area contributed by atoms with Crippen LogP contribution in [0.15, 0.2) is 78.9 Å². The smallest absolute Gasteiger partial charge is 0.240 e. The van der Waals surface area contributed by atoms with Crippen molar-refractivity contribution in [2.45, 2.75) is 13.5 Å². The van der Waals surface area contributed by atoms with Crippen molar-refractivity contribution in [3.05, 3.63) is 89.2 Å². The van der Waals surface area contributed by atoms with Gasteiger partial charge in [0, 0.05) is 11.1 Å². The lowest BCUT2D eigenvalue weighted by atomic mass is 10.1. The summed E-state index contributed by atoms with van der Waals surface area (Å²) in [6.07, 6.45) is 0. The van der Waals surface area contributed by atoms with E-state index in [1.165, 1.54) is 0 Å². The summed E-state index contributed by atoms with van der Waals surface area (Å²) < 4.78 is 8.05. The number of rotatable bonds is 8. The summed E-state index contributed by atoms with van der Waals surface area (Å²) in [6, 6.07) is 25.9. The van der Waals surface area contributed by atoms with Crippen LogP contribution in [0, 0.1) is 11.7 Å². The molecule has 1 amide bonds. The molecular weight excluding hydrogens is 420 g/mol. The molecule has 6 nitrogen and oxygen atoms in total. The highest BCUT2D eigenvalue weighted by Gasteiger charge is 2.12. The Labute approximate surface area is 191 Å². The third-order valence-corrected chi connectivity index (χ3v) is 5.34. The first-order valence-electron chi connectivity index (χ1n) is 10.4. The number of nitrogens with zero attached hydrogens (tertiary/aromatic N) is 2. The van der Waals surface area contributed by atoms with Gasteiger partial charge in [0.2, 0.25) is 5.91 Å². The number of para-hydroxylation sites is 1. The fourth-order valence-electron chi connectivity index (χ4n) is 3.39. The van der Waals surface area contributed by atoms with Crippen LogP contribution in [0.25, 0.3) is 22.5 Å². The molecule has 4 aromatic rings. The molecule has 4 rings (SSSR count). The topological polar surface area (TPSA) is 71.9 Å². The van der Waals surface area contributed by atoms with Crippen molar-refractivity contribution < 1.29 is 9.53 Å².